The zero-order valence-electron chi connectivity index (χ0n) is 12.1. The van der Waals surface area contributed by atoms with Gasteiger partial charge in [-0.15, -0.1) is 0 Å². The molecule has 0 fully saturated rings. The molecule has 0 unspecified atom stereocenters. The van der Waals surface area contributed by atoms with E-state index in [2.05, 4.69) is 21.1 Å². The van der Waals surface area contributed by atoms with Gasteiger partial charge in [0.25, 0.3) is 0 Å². The second-order valence-electron chi connectivity index (χ2n) is 5.37. The van der Waals surface area contributed by atoms with E-state index in [1.807, 2.05) is 49.4 Å². The van der Waals surface area contributed by atoms with Crippen LogP contribution in [-0.4, -0.2) is 8.94 Å². The molecule has 108 valence electrons. The first-order valence-corrected chi connectivity index (χ1v) is 7.94. The summed E-state index contributed by atoms with van der Waals surface area (Å²) in [6, 6.07) is 18.1. The van der Waals surface area contributed by atoms with Crippen molar-refractivity contribution in [3.05, 3.63) is 76.1 Å². The first-order valence-electron chi connectivity index (χ1n) is 7.17. The highest BCUT2D eigenvalue weighted by molar-refractivity contribution is 7.13. The van der Waals surface area contributed by atoms with Crippen LogP contribution in [0.5, 0.6) is 0 Å². The van der Waals surface area contributed by atoms with Crippen molar-refractivity contribution in [2.24, 2.45) is 0 Å². The van der Waals surface area contributed by atoms with Gasteiger partial charge in [0.05, 0.1) is 16.6 Å². The quantitative estimate of drug-likeness (QED) is 0.562. The normalized spacial score (nSPS) is 11.3. The maximum absolute atomic E-state index is 12.7. The average Bonchev–Trinajstić information content (AvgIpc) is 2.94. The molecule has 0 aliphatic carbocycles. The molecule has 0 radical (unpaired) electrons. The molecule has 0 aliphatic rings. The number of pyridine rings is 1. The fraction of sp³-hybridized carbons (Fsp3) is 0.111. The van der Waals surface area contributed by atoms with E-state index in [1.165, 1.54) is 17.1 Å². The summed E-state index contributed by atoms with van der Waals surface area (Å²) in [7, 11) is 0. The van der Waals surface area contributed by atoms with Crippen molar-refractivity contribution in [3.63, 3.8) is 0 Å². The lowest BCUT2D eigenvalue weighted by Gasteiger charge is -2.12. The Morgan fingerprint density at radius 3 is 2.59 bits per heavy atom. The first kappa shape index (κ1) is 13.2. The molecule has 0 atom stereocenters. The second-order valence-corrected chi connectivity index (χ2v) is 6.12. The van der Waals surface area contributed by atoms with Gasteiger partial charge in [-0.25, -0.2) is 0 Å². The van der Waals surface area contributed by atoms with E-state index in [4.69, 9.17) is 0 Å². The van der Waals surface area contributed by atoms with Gasteiger partial charge in [0.1, 0.15) is 4.83 Å². The van der Waals surface area contributed by atoms with Crippen LogP contribution in [0.1, 0.15) is 11.3 Å². The summed E-state index contributed by atoms with van der Waals surface area (Å²) >= 11 is 1.40. The number of nitrogens with zero attached hydrogens (tertiary/aromatic N) is 2. The Balaban J connectivity index is 2.10. The highest BCUT2D eigenvalue weighted by Gasteiger charge is 2.15. The molecule has 0 saturated carbocycles. The lowest BCUT2D eigenvalue weighted by atomic mass is 10.1. The van der Waals surface area contributed by atoms with E-state index in [-0.39, 0.29) is 5.43 Å². The SMILES string of the molecule is Cc1nsc2c1c(=O)c1ccccc1n2Cc1ccccc1. The summed E-state index contributed by atoms with van der Waals surface area (Å²) in [6.07, 6.45) is 0. The largest absolute Gasteiger partial charge is 0.326 e. The molecule has 0 spiro atoms. The van der Waals surface area contributed by atoms with Crippen LogP contribution in [0.25, 0.3) is 21.1 Å². The van der Waals surface area contributed by atoms with Crippen molar-refractivity contribution in [3.8, 4) is 0 Å². The fourth-order valence-corrected chi connectivity index (χ4v) is 3.78. The Hall–Kier alpha value is -2.46. The van der Waals surface area contributed by atoms with Crippen LogP contribution in [0.15, 0.2) is 59.4 Å². The van der Waals surface area contributed by atoms with Crippen LogP contribution in [-0.2, 0) is 6.54 Å². The van der Waals surface area contributed by atoms with Crippen LogP contribution < -0.4 is 5.43 Å². The number of benzene rings is 2. The van der Waals surface area contributed by atoms with Gasteiger partial charge in [-0.3, -0.25) is 4.79 Å². The van der Waals surface area contributed by atoms with Crippen molar-refractivity contribution < 1.29 is 0 Å². The van der Waals surface area contributed by atoms with Crippen molar-refractivity contribution in [2.75, 3.05) is 0 Å². The molecular formula is C18H14N2OS. The van der Waals surface area contributed by atoms with Gasteiger partial charge < -0.3 is 4.57 Å². The summed E-state index contributed by atoms with van der Waals surface area (Å²) in [5.74, 6) is 0. The highest BCUT2D eigenvalue weighted by Crippen LogP contribution is 2.25. The molecule has 2 heterocycles. The molecule has 0 aliphatic heterocycles. The number of rotatable bonds is 2. The highest BCUT2D eigenvalue weighted by atomic mass is 32.1. The third-order valence-corrected chi connectivity index (χ3v) is 4.90. The number of aryl methyl sites for hydroxylation is 1. The monoisotopic (exact) mass is 306 g/mol. The average molecular weight is 306 g/mol. The minimum absolute atomic E-state index is 0.0844. The van der Waals surface area contributed by atoms with Crippen LogP contribution in [0.2, 0.25) is 0 Å². The van der Waals surface area contributed by atoms with Crippen LogP contribution >= 0.6 is 11.5 Å². The first-order chi connectivity index (χ1) is 10.8. The zero-order valence-corrected chi connectivity index (χ0v) is 12.9. The number of aromatic nitrogens is 2. The van der Waals surface area contributed by atoms with Crippen LogP contribution in [0, 0.1) is 6.92 Å². The molecule has 22 heavy (non-hydrogen) atoms. The number of para-hydroxylation sites is 1. The molecule has 0 saturated heterocycles. The predicted octanol–water partition coefficient (Wildman–Crippen LogP) is 3.97. The van der Waals surface area contributed by atoms with E-state index in [1.54, 1.807) is 0 Å². The Morgan fingerprint density at radius 2 is 1.77 bits per heavy atom. The van der Waals surface area contributed by atoms with Crippen LogP contribution in [0.4, 0.5) is 0 Å². The molecular weight excluding hydrogens is 292 g/mol. The standard InChI is InChI=1S/C18H14N2OS/c1-12-16-17(21)14-9-5-6-10-15(14)20(18(16)22-19-12)11-13-7-3-2-4-8-13/h2-10H,11H2,1H3. The Bertz CT molecular complexity index is 1030. The summed E-state index contributed by atoms with van der Waals surface area (Å²) in [4.78, 5) is 13.7. The summed E-state index contributed by atoms with van der Waals surface area (Å²) in [5.41, 5.74) is 3.08. The molecule has 4 rings (SSSR count). The third kappa shape index (κ3) is 1.96. The van der Waals surface area contributed by atoms with E-state index >= 15 is 0 Å². The Labute approximate surface area is 131 Å². The maximum atomic E-state index is 12.7. The minimum atomic E-state index is 0.0844. The van der Waals surface area contributed by atoms with E-state index < -0.39 is 0 Å². The van der Waals surface area contributed by atoms with E-state index in [0.29, 0.717) is 0 Å². The fourth-order valence-electron chi connectivity index (χ4n) is 2.87. The molecule has 0 bridgehead atoms. The van der Waals surface area contributed by atoms with Gasteiger partial charge in [-0.1, -0.05) is 42.5 Å². The van der Waals surface area contributed by atoms with Gasteiger partial charge >= 0.3 is 0 Å². The number of fused-ring (bicyclic) bond motifs is 2. The van der Waals surface area contributed by atoms with Crippen molar-refractivity contribution in [1.82, 2.24) is 8.94 Å². The van der Waals surface area contributed by atoms with E-state index in [0.717, 1.165) is 33.4 Å². The summed E-state index contributed by atoms with van der Waals surface area (Å²) in [5, 5.41) is 1.51. The molecule has 0 N–H and O–H groups in total. The third-order valence-electron chi connectivity index (χ3n) is 3.94. The molecule has 3 nitrogen and oxygen atoms in total. The summed E-state index contributed by atoms with van der Waals surface area (Å²) < 4.78 is 6.60. The smallest absolute Gasteiger partial charge is 0.200 e. The molecule has 2 aromatic heterocycles. The molecule has 4 heteroatoms. The molecule has 0 amide bonds. The number of hydrogen-bond donors (Lipinski definition) is 0. The number of hydrogen-bond acceptors (Lipinski definition) is 3. The molecule has 4 aromatic rings. The van der Waals surface area contributed by atoms with Gasteiger partial charge in [-0.2, -0.15) is 4.37 Å². The van der Waals surface area contributed by atoms with Crippen molar-refractivity contribution in [1.29, 1.82) is 0 Å². The topological polar surface area (TPSA) is 34.9 Å². The lowest BCUT2D eigenvalue weighted by Crippen LogP contribution is -2.11. The predicted molar refractivity (Wildman–Crippen MR) is 91.7 cm³/mol. The summed E-state index contributed by atoms with van der Waals surface area (Å²) in [6.45, 7) is 2.64. The maximum Gasteiger partial charge on any atom is 0.200 e. The van der Waals surface area contributed by atoms with Crippen LogP contribution in [0.3, 0.4) is 0 Å². The van der Waals surface area contributed by atoms with E-state index in [9.17, 15) is 4.79 Å². The van der Waals surface area contributed by atoms with Crippen molar-refractivity contribution >= 4 is 32.7 Å². The van der Waals surface area contributed by atoms with Gasteiger partial charge in [0.2, 0.25) is 0 Å². The Morgan fingerprint density at radius 1 is 1.05 bits per heavy atom. The molecule has 2 aromatic carbocycles. The lowest BCUT2D eigenvalue weighted by molar-refractivity contribution is 0.869. The van der Waals surface area contributed by atoms with Gasteiger partial charge in [-0.05, 0) is 36.2 Å². The second kappa shape index (κ2) is 5.07. The van der Waals surface area contributed by atoms with Crippen molar-refractivity contribution in [2.45, 2.75) is 13.5 Å². The minimum Gasteiger partial charge on any atom is -0.326 e. The van der Waals surface area contributed by atoms with Gasteiger partial charge in [0.15, 0.2) is 5.43 Å². The zero-order chi connectivity index (χ0) is 15.1. The Kier molecular flexibility index (Phi) is 3.05. The van der Waals surface area contributed by atoms with Gasteiger partial charge in [0, 0.05) is 11.9 Å².